The van der Waals surface area contributed by atoms with E-state index in [-0.39, 0.29) is 6.61 Å². The molecule has 0 spiro atoms. The van der Waals surface area contributed by atoms with Crippen molar-refractivity contribution in [1.29, 1.82) is 0 Å². The van der Waals surface area contributed by atoms with Crippen molar-refractivity contribution in [2.75, 3.05) is 6.61 Å². The smallest absolute Gasteiger partial charge is 0.419 e. The molecule has 1 aliphatic heterocycles. The van der Waals surface area contributed by atoms with Crippen LogP contribution in [0.15, 0.2) is 60.7 Å². The van der Waals surface area contributed by atoms with Gasteiger partial charge in [-0.25, -0.2) is 14.2 Å². The molecule has 1 N–H and O–H groups in total. The third-order valence-corrected chi connectivity index (χ3v) is 4.80. The lowest BCUT2D eigenvalue weighted by Gasteiger charge is -2.24. The van der Waals surface area contributed by atoms with Gasteiger partial charge in [-0.3, -0.25) is 0 Å². The van der Waals surface area contributed by atoms with Crippen molar-refractivity contribution in [3.05, 3.63) is 77.5 Å². The average molecular weight is 404 g/mol. The first kappa shape index (κ1) is 19.8. The van der Waals surface area contributed by atoms with Crippen LogP contribution in [0.4, 0.5) is 9.59 Å². The topological polar surface area (TPSA) is 69.6 Å². The molecular weight excluding hydrogens is 380 g/mol. The Hall–Kier alpha value is -3.54. The van der Waals surface area contributed by atoms with E-state index < -0.39 is 23.8 Å². The van der Waals surface area contributed by atoms with Gasteiger partial charge in [0.05, 0.1) is 17.3 Å². The number of amides is 1. The Morgan fingerprint density at radius 2 is 1.80 bits per heavy atom. The number of benzene rings is 2. The molecule has 0 saturated heterocycles. The van der Waals surface area contributed by atoms with Crippen LogP contribution in [0, 0.1) is 0 Å². The SMILES string of the molecule is CC(C)(C)OC(=O)N[C@@H](c1ccccc1)c1c2n(c3ccccc13)C(=O)OCC=C2. The highest BCUT2D eigenvalue weighted by atomic mass is 16.6. The molecule has 6 heteroatoms. The highest BCUT2D eigenvalue weighted by Gasteiger charge is 2.30. The van der Waals surface area contributed by atoms with Crippen LogP contribution in [0.3, 0.4) is 0 Å². The lowest BCUT2D eigenvalue weighted by molar-refractivity contribution is 0.0512. The van der Waals surface area contributed by atoms with E-state index in [9.17, 15) is 9.59 Å². The second-order valence-electron chi connectivity index (χ2n) is 8.12. The average Bonchev–Trinajstić information content (AvgIpc) is 2.90. The summed E-state index contributed by atoms with van der Waals surface area (Å²) in [5.74, 6) is 0. The Morgan fingerprint density at radius 3 is 2.53 bits per heavy atom. The summed E-state index contributed by atoms with van der Waals surface area (Å²) in [4.78, 5) is 25.4. The van der Waals surface area contributed by atoms with Gasteiger partial charge in [0.1, 0.15) is 12.2 Å². The van der Waals surface area contributed by atoms with Crippen LogP contribution in [0.5, 0.6) is 0 Å². The van der Waals surface area contributed by atoms with Crippen molar-refractivity contribution in [3.63, 3.8) is 0 Å². The quantitative estimate of drug-likeness (QED) is 0.646. The third kappa shape index (κ3) is 3.81. The minimum absolute atomic E-state index is 0.198. The minimum atomic E-state index is -0.630. The van der Waals surface area contributed by atoms with Crippen LogP contribution in [0.2, 0.25) is 0 Å². The number of nitrogens with zero attached hydrogens (tertiary/aromatic N) is 1. The summed E-state index contributed by atoms with van der Waals surface area (Å²) in [5.41, 5.74) is 2.48. The molecular formula is C24H24N2O4. The maximum Gasteiger partial charge on any atom is 0.419 e. The number of ether oxygens (including phenoxy) is 2. The molecule has 2 heterocycles. The van der Waals surface area contributed by atoms with Crippen molar-refractivity contribution in [3.8, 4) is 0 Å². The number of hydrogen-bond acceptors (Lipinski definition) is 4. The largest absolute Gasteiger partial charge is 0.445 e. The monoisotopic (exact) mass is 404 g/mol. The van der Waals surface area contributed by atoms with Crippen LogP contribution in [0.1, 0.15) is 43.6 Å². The van der Waals surface area contributed by atoms with Gasteiger partial charge in [-0.05, 0) is 44.6 Å². The zero-order chi connectivity index (χ0) is 21.3. The minimum Gasteiger partial charge on any atom is -0.445 e. The summed E-state index contributed by atoms with van der Waals surface area (Å²) in [5, 5.41) is 3.87. The molecule has 4 rings (SSSR count). The zero-order valence-corrected chi connectivity index (χ0v) is 17.2. The number of carbonyl (C=O) groups is 2. The summed E-state index contributed by atoms with van der Waals surface area (Å²) in [6.45, 7) is 5.66. The summed E-state index contributed by atoms with van der Waals surface area (Å²) in [7, 11) is 0. The second kappa shape index (κ2) is 7.71. The Morgan fingerprint density at radius 1 is 1.10 bits per heavy atom. The molecule has 3 aromatic rings. The third-order valence-electron chi connectivity index (χ3n) is 4.80. The number of rotatable bonds is 3. The second-order valence-corrected chi connectivity index (χ2v) is 8.12. The number of fused-ring (bicyclic) bond motifs is 3. The standard InChI is InChI=1S/C24H24N2O4/c1-24(2,3)30-22(27)25-21(16-10-5-4-6-11-16)20-17-12-7-8-13-18(17)26-19(20)14-9-15-29-23(26)28/h4-14,21H,15H2,1-3H3,(H,25,27)/t21-/m0/s1. The molecule has 6 nitrogen and oxygen atoms in total. The Labute approximate surface area is 175 Å². The Bertz CT molecular complexity index is 1120. The van der Waals surface area contributed by atoms with Gasteiger partial charge in [-0.2, -0.15) is 0 Å². The lowest BCUT2D eigenvalue weighted by Crippen LogP contribution is -2.35. The summed E-state index contributed by atoms with van der Waals surface area (Å²) < 4.78 is 12.4. The van der Waals surface area contributed by atoms with Crippen LogP contribution >= 0.6 is 0 Å². The van der Waals surface area contributed by atoms with Gasteiger partial charge in [0.25, 0.3) is 0 Å². The number of cyclic esters (lactones) is 1. The molecule has 30 heavy (non-hydrogen) atoms. The van der Waals surface area contributed by atoms with E-state index in [0.717, 1.165) is 22.0 Å². The number of hydrogen-bond donors (Lipinski definition) is 1. The molecule has 0 radical (unpaired) electrons. The number of nitrogens with one attached hydrogen (secondary N) is 1. The molecule has 1 aliphatic rings. The zero-order valence-electron chi connectivity index (χ0n) is 17.2. The van der Waals surface area contributed by atoms with Crippen molar-refractivity contribution >= 4 is 29.2 Å². The number of alkyl carbamates (subject to hydrolysis) is 1. The fraction of sp³-hybridized carbons (Fsp3) is 0.250. The van der Waals surface area contributed by atoms with Crippen molar-refractivity contribution < 1.29 is 19.1 Å². The maximum absolute atomic E-state index is 12.7. The molecule has 154 valence electrons. The van der Waals surface area contributed by atoms with E-state index >= 15 is 0 Å². The van der Waals surface area contributed by atoms with Gasteiger partial charge in [-0.15, -0.1) is 0 Å². The Balaban J connectivity index is 1.92. The van der Waals surface area contributed by atoms with Gasteiger partial charge >= 0.3 is 12.2 Å². The van der Waals surface area contributed by atoms with Gasteiger partial charge in [-0.1, -0.05) is 48.5 Å². The van der Waals surface area contributed by atoms with E-state index in [4.69, 9.17) is 9.47 Å². The van der Waals surface area contributed by atoms with Gasteiger partial charge in [0.2, 0.25) is 0 Å². The molecule has 0 saturated carbocycles. The molecule has 0 aliphatic carbocycles. The molecule has 1 atom stereocenters. The van der Waals surface area contributed by atoms with Crippen molar-refractivity contribution in [2.45, 2.75) is 32.4 Å². The van der Waals surface area contributed by atoms with Crippen molar-refractivity contribution in [1.82, 2.24) is 9.88 Å². The molecule has 0 unspecified atom stereocenters. The summed E-state index contributed by atoms with van der Waals surface area (Å²) in [6, 6.07) is 16.7. The molecule has 1 aromatic heterocycles. The lowest BCUT2D eigenvalue weighted by atomic mass is 9.95. The van der Waals surface area contributed by atoms with E-state index in [0.29, 0.717) is 5.69 Å². The van der Waals surface area contributed by atoms with Crippen LogP contribution < -0.4 is 5.32 Å². The first-order valence-corrected chi connectivity index (χ1v) is 9.86. The van der Waals surface area contributed by atoms with E-state index in [1.807, 2.05) is 81.4 Å². The molecule has 2 aromatic carbocycles. The predicted molar refractivity (Wildman–Crippen MR) is 115 cm³/mol. The fourth-order valence-corrected chi connectivity index (χ4v) is 3.69. The molecule has 1 amide bonds. The Kier molecular flexibility index (Phi) is 5.08. The molecule has 0 fully saturated rings. The van der Waals surface area contributed by atoms with E-state index in [2.05, 4.69) is 5.32 Å². The van der Waals surface area contributed by atoms with Gasteiger partial charge < -0.3 is 14.8 Å². The molecule has 0 bridgehead atoms. The first-order valence-electron chi connectivity index (χ1n) is 9.86. The number of para-hydroxylation sites is 1. The van der Waals surface area contributed by atoms with E-state index in [1.54, 1.807) is 10.6 Å². The highest BCUT2D eigenvalue weighted by molar-refractivity contribution is 5.97. The first-order chi connectivity index (χ1) is 14.3. The van der Waals surface area contributed by atoms with Gasteiger partial charge in [0, 0.05) is 10.9 Å². The number of carbonyl (C=O) groups excluding carboxylic acids is 2. The van der Waals surface area contributed by atoms with Gasteiger partial charge in [0.15, 0.2) is 0 Å². The van der Waals surface area contributed by atoms with E-state index in [1.165, 1.54) is 0 Å². The van der Waals surface area contributed by atoms with Crippen LogP contribution in [-0.2, 0) is 9.47 Å². The normalized spacial score (nSPS) is 14.6. The summed E-state index contributed by atoms with van der Waals surface area (Å²) >= 11 is 0. The number of aromatic nitrogens is 1. The van der Waals surface area contributed by atoms with Crippen LogP contribution in [-0.4, -0.2) is 29.0 Å². The highest BCUT2D eigenvalue weighted by Crippen LogP contribution is 2.36. The van der Waals surface area contributed by atoms with Crippen molar-refractivity contribution in [2.24, 2.45) is 0 Å². The maximum atomic E-state index is 12.7. The van der Waals surface area contributed by atoms with Crippen LogP contribution in [0.25, 0.3) is 17.0 Å². The summed E-state index contributed by atoms with van der Waals surface area (Å²) in [6.07, 6.45) is 2.70. The fourth-order valence-electron chi connectivity index (χ4n) is 3.69. The predicted octanol–water partition coefficient (Wildman–Crippen LogP) is 5.27.